The van der Waals surface area contributed by atoms with Gasteiger partial charge in [-0.05, 0) is 61.8 Å². The molecular weight excluding hydrogens is 440 g/mol. The first kappa shape index (κ1) is 20.0. The molecule has 0 saturated carbocycles. The maximum Gasteiger partial charge on any atom is 0.161 e. The average molecular weight is 463 g/mol. The summed E-state index contributed by atoms with van der Waals surface area (Å²) in [5.41, 5.74) is 8.58. The molecule has 0 spiro atoms. The van der Waals surface area contributed by atoms with Gasteiger partial charge in [0.25, 0.3) is 0 Å². The average Bonchev–Trinajstić information content (AvgIpc) is 3.70. The molecule has 6 aromatic rings. The van der Waals surface area contributed by atoms with Gasteiger partial charge in [0.05, 0.1) is 29.3 Å². The largest absolute Gasteiger partial charge is 0.472 e. The van der Waals surface area contributed by atoms with E-state index in [0.717, 1.165) is 64.2 Å². The molecule has 6 aromatic heterocycles. The first-order valence-electron chi connectivity index (χ1n) is 11.7. The lowest BCUT2D eigenvalue weighted by atomic mass is 10.1. The summed E-state index contributed by atoms with van der Waals surface area (Å²) in [6.07, 6.45) is 11.4. The van der Waals surface area contributed by atoms with Crippen LogP contribution < -0.4 is 0 Å². The summed E-state index contributed by atoms with van der Waals surface area (Å²) in [4.78, 5) is 24.6. The highest BCUT2D eigenvalue weighted by atomic mass is 16.3. The molecule has 0 amide bonds. The monoisotopic (exact) mass is 462 g/mol. The first-order chi connectivity index (χ1) is 17.3. The Morgan fingerprint density at radius 1 is 0.914 bits per heavy atom. The number of nitrogens with zero attached hydrogens (tertiary/aromatic N) is 6. The predicted octanol–water partition coefficient (Wildman–Crippen LogP) is 4.81. The fraction of sp³-hybridized carbons (Fsp3) is 0.192. The van der Waals surface area contributed by atoms with Crippen molar-refractivity contribution in [2.24, 2.45) is 0 Å². The Morgan fingerprint density at radius 2 is 1.83 bits per heavy atom. The number of hydrogen-bond donors (Lipinski definition) is 2. The molecule has 172 valence electrons. The third kappa shape index (κ3) is 3.57. The van der Waals surface area contributed by atoms with Gasteiger partial charge in [-0.2, -0.15) is 5.10 Å². The van der Waals surface area contributed by atoms with Gasteiger partial charge >= 0.3 is 0 Å². The van der Waals surface area contributed by atoms with E-state index < -0.39 is 0 Å². The Kier molecular flexibility index (Phi) is 4.66. The smallest absolute Gasteiger partial charge is 0.161 e. The molecule has 7 rings (SSSR count). The van der Waals surface area contributed by atoms with Crippen LogP contribution in [-0.2, 0) is 6.54 Å². The third-order valence-electron chi connectivity index (χ3n) is 6.52. The molecule has 0 bridgehead atoms. The number of imidazole rings is 1. The molecule has 0 radical (unpaired) electrons. The van der Waals surface area contributed by atoms with Crippen LogP contribution in [0.2, 0.25) is 0 Å². The SMILES string of the molecule is c1cc2[nH]c(-c3n[nH]c4ccc(-c5cncc(CN6CCCC6)c5)nc34)nc2c(-c2ccoc2)n1. The zero-order valence-electron chi connectivity index (χ0n) is 18.9. The molecule has 1 saturated heterocycles. The lowest BCUT2D eigenvalue weighted by molar-refractivity contribution is 0.331. The van der Waals surface area contributed by atoms with Crippen LogP contribution in [0.5, 0.6) is 0 Å². The molecule has 0 atom stereocenters. The van der Waals surface area contributed by atoms with Gasteiger partial charge in [-0.15, -0.1) is 0 Å². The number of aromatic nitrogens is 7. The van der Waals surface area contributed by atoms with E-state index in [1.807, 2.05) is 36.7 Å². The third-order valence-corrected chi connectivity index (χ3v) is 6.52. The molecular formula is C26H22N8O. The Bertz CT molecular complexity index is 1640. The number of rotatable bonds is 5. The molecule has 7 heterocycles. The molecule has 9 heteroatoms. The number of nitrogens with one attached hydrogen (secondary N) is 2. The number of H-pyrrole nitrogens is 2. The Morgan fingerprint density at radius 3 is 2.71 bits per heavy atom. The highest BCUT2D eigenvalue weighted by molar-refractivity contribution is 5.94. The number of hydrogen-bond acceptors (Lipinski definition) is 7. The van der Waals surface area contributed by atoms with Crippen molar-refractivity contribution < 1.29 is 4.42 Å². The van der Waals surface area contributed by atoms with Crippen LogP contribution >= 0.6 is 0 Å². The standard InChI is InChI=1S/C26H22N8O/c1-2-9-34(8-1)14-16-11-18(13-27-12-16)19-3-4-21-24(29-19)25(33-32-21)26-30-20-5-7-28-22(23(20)31-26)17-6-10-35-15-17/h3-7,10-13,15H,1-2,8-9,14H2,(H,30,31)(H,32,33). The van der Waals surface area contributed by atoms with Gasteiger partial charge in [0.15, 0.2) is 11.5 Å². The number of fused-ring (bicyclic) bond motifs is 2. The summed E-state index contributed by atoms with van der Waals surface area (Å²) in [5.74, 6) is 0.634. The Labute approximate surface area is 200 Å². The molecule has 0 unspecified atom stereocenters. The van der Waals surface area contributed by atoms with E-state index in [-0.39, 0.29) is 0 Å². The summed E-state index contributed by atoms with van der Waals surface area (Å²) in [6.45, 7) is 3.23. The van der Waals surface area contributed by atoms with Gasteiger partial charge in [0.2, 0.25) is 0 Å². The van der Waals surface area contributed by atoms with Crippen LogP contribution in [0, 0.1) is 0 Å². The van der Waals surface area contributed by atoms with Crippen LogP contribution in [0.15, 0.2) is 65.9 Å². The van der Waals surface area contributed by atoms with Crippen molar-refractivity contribution in [2.75, 3.05) is 13.1 Å². The molecule has 2 N–H and O–H groups in total. The first-order valence-corrected chi connectivity index (χ1v) is 11.7. The van der Waals surface area contributed by atoms with Gasteiger partial charge in [-0.25, -0.2) is 9.97 Å². The second kappa shape index (κ2) is 8.14. The highest BCUT2D eigenvalue weighted by Crippen LogP contribution is 2.31. The van der Waals surface area contributed by atoms with Gasteiger partial charge in [0.1, 0.15) is 16.7 Å². The summed E-state index contributed by atoms with van der Waals surface area (Å²) >= 11 is 0. The summed E-state index contributed by atoms with van der Waals surface area (Å²) in [6, 6.07) is 9.96. The lowest BCUT2D eigenvalue weighted by Gasteiger charge is -2.14. The van der Waals surface area contributed by atoms with Crippen LogP contribution in [-0.4, -0.2) is 53.1 Å². The van der Waals surface area contributed by atoms with E-state index in [4.69, 9.17) is 14.4 Å². The van der Waals surface area contributed by atoms with Crippen LogP contribution in [0.4, 0.5) is 0 Å². The van der Waals surface area contributed by atoms with E-state index >= 15 is 0 Å². The van der Waals surface area contributed by atoms with Crippen molar-refractivity contribution in [1.82, 2.24) is 40.0 Å². The Hall–Kier alpha value is -4.37. The lowest BCUT2D eigenvalue weighted by Crippen LogP contribution is -2.18. The Balaban J connectivity index is 1.28. The van der Waals surface area contributed by atoms with Gasteiger partial charge < -0.3 is 9.40 Å². The molecule has 1 aliphatic rings. The highest BCUT2D eigenvalue weighted by Gasteiger charge is 2.18. The topological polar surface area (TPSA) is 112 Å². The zero-order chi connectivity index (χ0) is 23.2. The van der Waals surface area contributed by atoms with Gasteiger partial charge in [-0.3, -0.25) is 20.0 Å². The second-order valence-corrected chi connectivity index (χ2v) is 8.88. The molecule has 0 aromatic carbocycles. The van der Waals surface area contributed by atoms with E-state index in [0.29, 0.717) is 11.5 Å². The fourth-order valence-corrected chi connectivity index (χ4v) is 4.80. The van der Waals surface area contributed by atoms with Crippen molar-refractivity contribution in [2.45, 2.75) is 19.4 Å². The minimum absolute atomic E-state index is 0.634. The van der Waals surface area contributed by atoms with Crippen molar-refractivity contribution in [3.63, 3.8) is 0 Å². The van der Waals surface area contributed by atoms with Gasteiger partial charge in [-0.1, -0.05) is 0 Å². The minimum Gasteiger partial charge on any atom is -0.472 e. The van der Waals surface area contributed by atoms with Crippen molar-refractivity contribution in [3.8, 4) is 34.0 Å². The van der Waals surface area contributed by atoms with Crippen molar-refractivity contribution in [1.29, 1.82) is 0 Å². The van der Waals surface area contributed by atoms with Crippen molar-refractivity contribution >= 4 is 22.1 Å². The fourth-order valence-electron chi connectivity index (χ4n) is 4.80. The summed E-state index contributed by atoms with van der Waals surface area (Å²) in [7, 11) is 0. The zero-order valence-corrected chi connectivity index (χ0v) is 18.9. The summed E-state index contributed by atoms with van der Waals surface area (Å²) in [5, 5.41) is 7.62. The maximum atomic E-state index is 5.24. The number of aromatic amines is 2. The van der Waals surface area contributed by atoms with Crippen molar-refractivity contribution in [3.05, 3.63) is 67.0 Å². The molecule has 35 heavy (non-hydrogen) atoms. The molecule has 1 aliphatic heterocycles. The van der Waals surface area contributed by atoms with E-state index in [2.05, 4.69) is 36.1 Å². The van der Waals surface area contributed by atoms with E-state index in [1.54, 1.807) is 18.7 Å². The number of furan rings is 1. The molecule has 9 nitrogen and oxygen atoms in total. The van der Waals surface area contributed by atoms with Crippen LogP contribution in [0.25, 0.3) is 56.1 Å². The predicted molar refractivity (Wildman–Crippen MR) is 132 cm³/mol. The van der Waals surface area contributed by atoms with Crippen LogP contribution in [0.3, 0.4) is 0 Å². The van der Waals surface area contributed by atoms with Gasteiger partial charge in [0, 0.05) is 36.3 Å². The van der Waals surface area contributed by atoms with E-state index in [9.17, 15) is 0 Å². The maximum absolute atomic E-state index is 5.24. The normalized spacial score (nSPS) is 14.4. The summed E-state index contributed by atoms with van der Waals surface area (Å²) < 4.78 is 5.24. The quantitative estimate of drug-likeness (QED) is 0.378. The van der Waals surface area contributed by atoms with E-state index in [1.165, 1.54) is 18.4 Å². The molecule has 1 fully saturated rings. The molecule has 0 aliphatic carbocycles. The van der Waals surface area contributed by atoms with Crippen LogP contribution in [0.1, 0.15) is 18.4 Å². The number of pyridine rings is 3. The number of likely N-dealkylation sites (tertiary alicyclic amines) is 1. The second-order valence-electron chi connectivity index (χ2n) is 8.88. The minimum atomic E-state index is 0.634.